The highest BCUT2D eigenvalue weighted by Crippen LogP contribution is 2.70. The van der Waals surface area contributed by atoms with E-state index in [2.05, 4.69) is 32.0 Å². The van der Waals surface area contributed by atoms with Crippen molar-refractivity contribution >= 4 is 0 Å². The van der Waals surface area contributed by atoms with Crippen molar-refractivity contribution < 1.29 is 0 Å². The Morgan fingerprint density at radius 3 is 1.90 bits per heavy atom. The number of hydrogen-bond acceptors (Lipinski definition) is 2. The minimum Gasteiger partial charge on any atom is -0.399 e. The minimum absolute atomic E-state index is 0.320. The number of rotatable bonds is 4. The molecule has 2 nitrogen and oxygen atoms in total. The highest BCUT2D eigenvalue weighted by atomic mass is 14.8. The molecule has 3 N–H and O–H groups in total. The topological polar surface area (TPSA) is 38.0 Å². The van der Waals surface area contributed by atoms with Crippen molar-refractivity contribution in [3.63, 3.8) is 0 Å². The quantitative estimate of drug-likeness (QED) is 0.740. The summed E-state index contributed by atoms with van der Waals surface area (Å²) in [7, 11) is 1.81. The lowest BCUT2D eigenvalue weighted by Crippen LogP contribution is -2.37. The fourth-order valence-corrected chi connectivity index (χ4v) is 3.02. The lowest BCUT2D eigenvalue weighted by molar-refractivity contribution is 0.0977. The zero-order valence-corrected chi connectivity index (χ0v) is 13.8. The molecule has 0 aromatic rings. The molecule has 20 heavy (non-hydrogen) atoms. The van der Waals surface area contributed by atoms with E-state index < -0.39 is 0 Å². The SMILES string of the molecule is C=C/C(=C\C(=C)N)C1(C)CC2(CC2)C1.C=CNC.CC. The molecule has 0 heterocycles. The molecular formula is C18H32N2. The van der Waals surface area contributed by atoms with Gasteiger partial charge in [-0.25, -0.2) is 0 Å². The van der Waals surface area contributed by atoms with E-state index in [9.17, 15) is 0 Å². The molecule has 0 unspecified atom stereocenters. The summed E-state index contributed by atoms with van der Waals surface area (Å²) in [5, 5.41) is 2.69. The number of nitrogens with two attached hydrogens (primary N) is 1. The summed E-state index contributed by atoms with van der Waals surface area (Å²) in [6.07, 6.45) is 11.0. The normalized spacial score (nSPS) is 20.1. The zero-order valence-electron chi connectivity index (χ0n) is 13.8. The molecule has 0 aromatic heterocycles. The Morgan fingerprint density at radius 1 is 1.20 bits per heavy atom. The number of nitrogens with one attached hydrogen (secondary N) is 1. The Balaban J connectivity index is 0.000000521. The third kappa shape index (κ3) is 4.92. The van der Waals surface area contributed by atoms with Gasteiger partial charge in [0.15, 0.2) is 0 Å². The summed E-state index contributed by atoms with van der Waals surface area (Å²) in [6.45, 7) is 17.3. The molecule has 0 saturated heterocycles. The van der Waals surface area contributed by atoms with Crippen LogP contribution >= 0.6 is 0 Å². The molecule has 1 spiro atoms. The van der Waals surface area contributed by atoms with E-state index >= 15 is 0 Å². The van der Waals surface area contributed by atoms with E-state index in [-0.39, 0.29) is 0 Å². The van der Waals surface area contributed by atoms with Gasteiger partial charge in [0, 0.05) is 12.7 Å². The largest absolute Gasteiger partial charge is 0.399 e. The summed E-state index contributed by atoms with van der Waals surface area (Å²) in [5.41, 5.74) is 8.55. The summed E-state index contributed by atoms with van der Waals surface area (Å²) in [5.74, 6) is 0. The summed E-state index contributed by atoms with van der Waals surface area (Å²) >= 11 is 0. The van der Waals surface area contributed by atoms with Crippen molar-refractivity contribution in [1.29, 1.82) is 0 Å². The van der Waals surface area contributed by atoms with Crippen LogP contribution in [-0.4, -0.2) is 7.05 Å². The first-order valence-electron chi connectivity index (χ1n) is 7.48. The maximum Gasteiger partial charge on any atom is 0.0243 e. The van der Waals surface area contributed by atoms with E-state index in [1.807, 2.05) is 33.0 Å². The number of hydrogen-bond donors (Lipinski definition) is 2. The summed E-state index contributed by atoms with van der Waals surface area (Å²) in [6, 6.07) is 0. The van der Waals surface area contributed by atoms with E-state index in [1.165, 1.54) is 31.3 Å². The van der Waals surface area contributed by atoms with Crippen molar-refractivity contribution in [2.45, 2.75) is 46.5 Å². The zero-order chi connectivity index (χ0) is 15.8. The Hall–Kier alpha value is -1.44. The maximum absolute atomic E-state index is 5.61. The molecule has 2 rings (SSSR count). The van der Waals surface area contributed by atoms with Crippen LogP contribution in [0.4, 0.5) is 0 Å². The smallest absolute Gasteiger partial charge is 0.0243 e. The lowest BCUT2D eigenvalue weighted by atomic mass is 9.57. The second-order valence-corrected chi connectivity index (χ2v) is 5.79. The van der Waals surface area contributed by atoms with Crippen molar-refractivity contribution in [3.05, 3.63) is 49.4 Å². The minimum atomic E-state index is 0.320. The molecule has 2 heteroatoms. The second-order valence-electron chi connectivity index (χ2n) is 5.79. The van der Waals surface area contributed by atoms with Gasteiger partial charge in [-0.05, 0) is 54.4 Å². The fourth-order valence-electron chi connectivity index (χ4n) is 3.02. The molecule has 0 aromatic carbocycles. The predicted octanol–water partition coefficient (Wildman–Crippen LogP) is 4.53. The second kappa shape index (κ2) is 7.98. The Kier molecular flexibility index (Phi) is 7.41. The van der Waals surface area contributed by atoms with Gasteiger partial charge in [0.2, 0.25) is 0 Å². The van der Waals surface area contributed by atoms with Crippen molar-refractivity contribution in [2.75, 3.05) is 7.05 Å². The van der Waals surface area contributed by atoms with Crippen molar-refractivity contribution in [1.82, 2.24) is 5.32 Å². The third-order valence-electron chi connectivity index (χ3n) is 3.95. The first-order valence-corrected chi connectivity index (χ1v) is 7.48. The van der Waals surface area contributed by atoms with Crippen LogP contribution in [0.1, 0.15) is 46.5 Å². The molecule has 2 aliphatic carbocycles. The van der Waals surface area contributed by atoms with Crippen molar-refractivity contribution in [3.8, 4) is 0 Å². The van der Waals surface area contributed by atoms with Crippen LogP contribution in [0.2, 0.25) is 0 Å². The van der Waals surface area contributed by atoms with Gasteiger partial charge in [-0.1, -0.05) is 46.6 Å². The molecule has 2 aliphatic rings. The number of allylic oxidation sites excluding steroid dienone is 3. The predicted molar refractivity (Wildman–Crippen MR) is 91.2 cm³/mol. The highest BCUT2D eigenvalue weighted by molar-refractivity contribution is 5.35. The molecule has 0 amide bonds. The van der Waals surface area contributed by atoms with Gasteiger partial charge >= 0.3 is 0 Å². The van der Waals surface area contributed by atoms with Crippen LogP contribution in [-0.2, 0) is 0 Å². The van der Waals surface area contributed by atoms with Gasteiger partial charge in [-0.15, -0.1) is 0 Å². The van der Waals surface area contributed by atoms with Gasteiger partial charge < -0.3 is 11.1 Å². The first-order chi connectivity index (χ1) is 9.41. The van der Waals surface area contributed by atoms with Gasteiger partial charge in [-0.3, -0.25) is 0 Å². The van der Waals surface area contributed by atoms with Crippen LogP contribution < -0.4 is 11.1 Å². The van der Waals surface area contributed by atoms with Crippen LogP contribution in [0.15, 0.2) is 49.4 Å². The summed E-state index contributed by atoms with van der Waals surface area (Å²) in [4.78, 5) is 0. The summed E-state index contributed by atoms with van der Waals surface area (Å²) < 4.78 is 0. The van der Waals surface area contributed by atoms with E-state index in [4.69, 9.17) is 5.73 Å². The van der Waals surface area contributed by atoms with E-state index in [0.29, 0.717) is 16.5 Å². The molecule has 114 valence electrons. The van der Waals surface area contributed by atoms with Crippen molar-refractivity contribution in [2.24, 2.45) is 16.6 Å². The van der Waals surface area contributed by atoms with Gasteiger partial charge in [0.25, 0.3) is 0 Å². The lowest BCUT2D eigenvalue weighted by Gasteiger charge is -2.47. The van der Waals surface area contributed by atoms with Gasteiger partial charge in [0.1, 0.15) is 0 Å². The van der Waals surface area contributed by atoms with Crippen LogP contribution in [0.3, 0.4) is 0 Å². The Bertz CT molecular complexity index is 365. The molecule has 2 saturated carbocycles. The molecular weight excluding hydrogens is 244 g/mol. The van der Waals surface area contributed by atoms with Gasteiger partial charge in [-0.2, -0.15) is 0 Å². The van der Waals surface area contributed by atoms with Crippen LogP contribution in [0, 0.1) is 10.8 Å². The molecule has 0 aliphatic heterocycles. The molecule has 0 radical (unpaired) electrons. The standard InChI is InChI=1S/C13H19N.C3H7N.C2H6/c1-4-11(7-10(2)14)12(3)8-13(9-12)5-6-13;1-3-4-2;1-2/h4,7H,1-2,5-6,8-9,14H2,3H3;3-4H,1H2,2H3;1-2H3/b11-7+;;. The molecule has 0 atom stereocenters. The monoisotopic (exact) mass is 276 g/mol. The average molecular weight is 276 g/mol. The van der Waals surface area contributed by atoms with Crippen LogP contribution in [0.5, 0.6) is 0 Å². The molecule has 2 fully saturated rings. The van der Waals surface area contributed by atoms with Gasteiger partial charge in [0.05, 0.1) is 0 Å². The van der Waals surface area contributed by atoms with E-state index in [0.717, 1.165) is 0 Å². The Labute approximate surface area is 125 Å². The first kappa shape index (κ1) is 18.6. The third-order valence-corrected chi connectivity index (χ3v) is 3.95. The van der Waals surface area contributed by atoms with E-state index in [1.54, 1.807) is 6.20 Å². The van der Waals surface area contributed by atoms with Crippen LogP contribution in [0.25, 0.3) is 0 Å². The fraction of sp³-hybridized carbons (Fsp3) is 0.556. The average Bonchev–Trinajstić information content (AvgIpc) is 3.17. The maximum atomic E-state index is 5.61. The molecule has 0 bridgehead atoms. The highest BCUT2D eigenvalue weighted by Gasteiger charge is 2.59. The Morgan fingerprint density at radius 2 is 1.65 bits per heavy atom.